The molecule has 0 unspecified atom stereocenters. The molecule has 0 atom stereocenters. The van der Waals surface area contributed by atoms with Crippen LogP contribution in [-0.4, -0.2) is 52.6 Å². The monoisotopic (exact) mass is 561 g/mol. The minimum Gasteiger partial charge on any atom is -0.402 e. The van der Waals surface area contributed by atoms with Crippen molar-refractivity contribution in [3.05, 3.63) is 75.8 Å². The predicted octanol–water partition coefficient (Wildman–Crippen LogP) is 4.32. The number of hydrogen-bond donors (Lipinski definition) is 4. The molecule has 1 amide bonds. The number of allylic oxidation sites excluding steroid dienone is 6. The number of nitrogens with zero attached hydrogens (tertiary/aromatic N) is 1. The van der Waals surface area contributed by atoms with Gasteiger partial charge in [-0.25, -0.2) is 4.39 Å². The van der Waals surface area contributed by atoms with Crippen LogP contribution in [0.15, 0.2) is 63.8 Å². The molecule has 0 saturated heterocycles. The summed E-state index contributed by atoms with van der Waals surface area (Å²) in [5.41, 5.74) is 12.8. The minimum absolute atomic E-state index is 0.0617. The smallest absolute Gasteiger partial charge is 0.284 e. The Morgan fingerprint density at radius 1 is 1.20 bits per heavy atom. The van der Waals surface area contributed by atoms with Crippen molar-refractivity contribution in [1.29, 1.82) is 0 Å². The highest BCUT2D eigenvalue weighted by molar-refractivity contribution is 6.23. The number of hydrogen-bond acceptors (Lipinski definition) is 6. The molecule has 7 nitrogen and oxygen atoms in total. The van der Waals surface area contributed by atoms with E-state index < -0.39 is 5.91 Å². The summed E-state index contributed by atoms with van der Waals surface area (Å²) in [4.78, 5) is 25.1. The molecule has 2 fully saturated rings. The van der Waals surface area contributed by atoms with Crippen LogP contribution in [0.25, 0.3) is 5.57 Å². The Labute approximate surface area is 244 Å². The molecule has 0 aromatic heterocycles. The van der Waals surface area contributed by atoms with Gasteiger partial charge in [0.2, 0.25) is 6.29 Å². The van der Waals surface area contributed by atoms with Gasteiger partial charge in [0, 0.05) is 36.6 Å². The predicted molar refractivity (Wildman–Crippen MR) is 167 cm³/mol. The molecule has 220 valence electrons. The zero-order valence-corrected chi connectivity index (χ0v) is 24.8. The Morgan fingerprint density at radius 2 is 1.90 bits per heavy atom. The van der Waals surface area contributed by atoms with Crippen LogP contribution in [0.4, 0.5) is 4.39 Å². The number of nitrogens with two attached hydrogens (primary N) is 1. The summed E-state index contributed by atoms with van der Waals surface area (Å²) in [6, 6.07) is 5.10. The van der Waals surface area contributed by atoms with Gasteiger partial charge in [0.25, 0.3) is 5.91 Å². The van der Waals surface area contributed by atoms with Crippen LogP contribution in [-0.2, 0) is 15.1 Å². The lowest BCUT2D eigenvalue weighted by Crippen LogP contribution is -2.27. The number of nitrogens with one attached hydrogen (secondary N) is 3. The van der Waals surface area contributed by atoms with Gasteiger partial charge in [-0.3, -0.25) is 14.6 Å². The van der Waals surface area contributed by atoms with Gasteiger partial charge in [0.05, 0.1) is 6.54 Å². The van der Waals surface area contributed by atoms with E-state index in [0.29, 0.717) is 25.1 Å². The third kappa shape index (κ3) is 10.6. The maximum Gasteiger partial charge on any atom is 0.284 e. The second kappa shape index (κ2) is 17.1. The zero-order valence-electron chi connectivity index (χ0n) is 24.8. The summed E-state index contributed by atoms with van der Waals surface area (Å²) in [5.74, 6) is 1.62. The standard InChI is InChI=1S/C15H20FN3.C14H17NO2.C4H7N/c1-10(17)14(9-18-2)11-6-12(8-13(16)7-11)15(19-3)4-5-15;16-10-14(17)15-9-13-7-2-1-6-12(13)8-11-4-3-5-11;1-3-4-5-2/h6-9,19H,4-5,17H2,1-3H3;6-8,10H,1-5,9H2,(H,15,17);1,5H,4H2,2H3/b14-10+,18-9?;;. The minimum atomic E-state index is -0.549. The van der Waals surface area contributed by atoms with E-state index in [1.165, 1.54) is 36.5 Å². The second-order valence-electron chi connectivity index (χ2n) is 10.2. The Bertz CT molecular complexity index is 1250. The first-order valence-electron chi connectivity index (χ1n) is 14.0. The molecule has 8 heteroatoms. The Balaban J connectivity index is 0.000000248. The molecular formula is C33H44FN5O2. The molecule has 41 heavy (non-hydrogen) atoms. The van der Waals surface area contributed by atoms with Gasteiger partial charge in [-0.15, -0.1) is 6.42 Å². The van der Waals surface area contributed by atoms with Gasteiger partial charge in [-0.2, -0.15) is 0 Å². The summed E-state index contributed by atoms with van der Waals surface area (Å²) >= 11 is 0. The number of rotatable bonds is 9. The van der Waals surface area contributed by atoms with E-state index in [2.05, 4.69) is 45.1 Å². The van der Waals surface area contributed by atoms with Crippen LogP contribution in [0.5, 0.6) is 0 Å². The highest BCUT2D eigenvalue weighted by Gasteiger charge is 2.43. The van der Waals surface area contributed by atoms with Crippen LogP contribution in [0, 0.1) is 18.2 Å². The van der Waals surface area contributed by atoms with Gasteiger partial charge in [0.1, 0.15) is 5.82 Å². The van der Waals surface area contributed by atoms with E-state index in [0.717, 1.165) is 48.0 Å². The van der Waals surface area contributed by atoms with Crippen LogP contribution in [0.3, 0.4) is 0 Å². The average Bonchev–Trinajstić information content (AvgIpc) is 3.75. The molecule has 3 aliphatic carbocycles. The van der Waals surface area contributed by atoms with Gasteiger partial charge >= 0.3 is 0 Å². The third-order valence-electron chi connectivity index (χ3n) is 7.16. The summed E-state index contributed by atoms with van der Waals surface area (Å²) in [6.07, 6.45) is 21.3. The van der Waals surface area contributed by atoms with Crippen molar-refractivity contribution in [2.75, 3.05) is 34.2 Å². The quantitative estimate of drug-likeness (QED) is 0.155. The summed E-state index contributed by atoms with van der Waals surface area (Å²) in [6.45, 7) is 2.92. The lowest BCUT2D eigenvalue weighted by Gasteiger charge is -2.20. The van der Waals surface area contributed by atoms with Crippen LogP contribution >= 0.6 is 0 Å². The van der Waals surface area contributed by atoms with Gasteiger partial charge in [-0.05, 0) is 106 Å². The van der Waals surface area contributed by atoms with Crippen LogP contribution < -0.4 is 21.7 Å². The van der Waals surface area contributed by atoms with E-state index in [9.17, 15) is 14.0 Å². The number of benzene rings is 1. The van der Waals surface area contributed by atoms with E-state index in [-0.39, 0.29) is 11.4 Å². The summed E-state index contributed by atoms with van der Waals surface area (Å²) in [5, 5.41) is 8.65. The van der Waals surface area contributed by atoms with E-state index >= 15 is 0 Å². The largest absolute Gasteiger partial charge is 0.402 e. The molecular weight excluding hydrogens is 517 g/mol. The fourth-order valence-electron chi connectivity index (χ4n) is 4.50. The lowest BCUT2D eigenvalue weighted by atomic mass is 9.87. The number of terminal acetylenes is 1. The topological polar surface area (TPSA) is 109 Å². The maximum atomic E-state index is 13.9. The lowest BCUT2D eigenvalue weighted by molar-refractivity contribution is -0.131. The number of halogens is 1. The van der Waals surface area contributed by atoms with E-state index in [4.69, 9.17) is 12.2 Å². The van der Waals surface area contributed by atoms with Crippen LogP contribution in [0.1, 0.15) is 63.0 Å². The second-order valence-corrected chi connectivity index (χ2v) is 10.2. The number of aldehydes is 1. The molecule has 0 bridgehead atoms. The Hall–Kier alpha value is -3.80. The van der Waals surface area contributed by atoms with Crippen molar-refractivity contribution in [3.63, 3.8) is 0 Å². The normalized spacial score (nSPS) is 17.1. The molecule has 4 rings (SSSR count). The molecule has 0 spiro atoms. The van der Waals surface area contributed by atoms with Gasteiger partial charge < -0.3 is 21.7 Å². The van der Waals surface area contributed by atoms with Crippen molar-refractivity contribution in [3.8, 4) is 12.3 Å². The van der Waals surface area contributed by atoms with E-state index in [1.807, 2.05) is 20.2 Å². The molecule has 3 aliphatic rings. The first-order valence-corrected chi connectivity index (χ1v) is 14.0. The highest BCUT2D eigenvalue weighted by atomic mass is 19.1. The van der Waals surface area contributed by atoms with Crippen molar-refractivity contribution < 1.29 is 14.0 Å². The number of carbonyl (C=O) groups excluding carboxylic acids is 2. The molecule has 1 aromatic rings. The van der Waals surface area contributed by atoms with Crippen molar-refractivity contribution in [2.45, 2.75) is 57.4 Å². The third-order valence-corrected chi connectivity index (χ3v) is 7.16. The first kappa shape index (κ1) is 33.4. The van der Waals surface area contributed by atoms with E-state index in [1.54, 1.807) is 26.3 Å². The molecule has 2 saturated carbocycles. The molecule has 5 N–H and O–H groups in total. The highest BCUT2D eigenvalue weighted by Crippen LogP contribution is 2.45. The Morgan fingerprint density at radius 3 is 2.39 bits per heavy atom. The van der Waals surface area contributed by atoms with Gasteiger partial charge in [0.15, 0.2) is 0 Å². The summed E-state index contributed by atoms with van der Waals surface area (Å²) < 4.78 is 13.9. The molecule has 0 heterocycles. The molecule has 0 aliphatic heterocycles. The molecule has 0 radical (unpaired) electrons. The maximum absolute atomic E-state index is 13.9. The SMILES string of the molecule is C#CCNC.CN=C/C(=C(/C)N)c1cc(F)cc(C2(NC)CC2)c1.O=CC(=O)NCC1=CCCC=C1C=C1CCC1. The fraction of sp³-hybridized carbons (Fsp3) is 0.424. The Kier molecular flexibility index (Phi) is 13.9. The number of carbonyl (C=O) groups is 2. The van der Waals surface area contributed by atoms with Crippen LogP contribution in [0.2, 0.25) is 0 Å². The zero-order chi connectivity index (χ0) is 30.3. The van der Waals surface area contributed by atoms with Crippen molar-refractivity contribution in [2.24, 2.45) is 10.7 Å². The van der Waals surface area contributed by atoms with Crippen molar-refractivity contribution >= 4 is 24.0 Å². The number of amides is 1. The van der Waals surface area contributed by atoms with Gasteiger partial charge in [-0.1, -0.05) is 29.7 Å². The average molecular weight is 562 g/mol. The number of aliphatic imine (C=N–C) groups is 1. The fourth-order valence-corrected chi connectivity index (χ4v) is 4.50. The first-order chi connectivity index (χ1) is 19.7. The molecule has 1 aromatic carbocycles. The summed E-state index contributed by atoms with van der Waals surface area (Å²) in [7, 11) is 5.41. The van der Waals surface area contributed by atoms with Crippen molar-refractivity contribution in [1.82, 2.24) is 16.0 Å².